The summed E-state index contributed by atoms with van der Waals surface area (Å²) in [6.45, 7) is 3.90. The Labute approximate surface area is 119 Å². The zero-order valence-corrected chi connectivity index (χ0v) is 12.5. The first-order valence-electron chi connectivity index (χ1n) is 6.66. The van der Waals surface area contributed by atoms with E-state index in [4.69, 9.17) is 0 Å². The lowest BCUT2D eigenvalue weighted by atomic mass is 10.1. The average Bonchev–Trinajstić information content (AvgIpc) is 2.38. The number of hydrogen-bond donors (Lipinski definition) is 1. The molecule has 0 aliphatic carbocycles. The quantitative estimate of drug-likeness (QED) is 0.925. The Morgan fingerprint density at radius 1 is 1.30 bits per heavy atom. The summed E-state index contributed by atoms with van der Waals surface area (Å²) in [6, 6.07) is 4.15. The number of rotatable bonds is 3. The van der Waals surface area contributed by atoms with E-state index in [-0.39, 0.29) is 11.4 Å². The Kier molecular flexibility index (Phi) is 4.15. The van der Waals surface area contributed by atoms with Crippen LogP contribution in [0.25, 0.3) is 0 Å². The predicted octanol–water partition coefficient (Wildman–Crippen LogP) is 1.93. The lowest BCUT2D eigenvalue weighted by Crippen LogP contribution is -2.47. The average molecular weight is 297 g/mol. The second-order valence-corrected chi connectivity index (χ2v) is 7.09. The molecule has 20 heavy (non-hydrogen) atoms. The third kappa shape index (κ3) is 2.71. The minimum atomic E-state index is -3.75. The highest BCUT2D eigenvalue weighted by atomic mass is 32.2. The van der Waals surface area contributed by atoms with Crippen molar-refractivity contribution in [1.82, 2.24) is 4.31 Å². The van der Waals surface area contributed by atoms with Crippen LogP contribution in [0.15, 0.2) is 23.1 Å². The van der Waals surface area contributed by atoms with Crippen LogP contribution < -0.4 is 0 Å². The van der Waals surface area contributed by atoms with Crippen molar-refractivity contribution in [3.8, 4) is 0 Å². The molecule has 2 rings (SSSR count). The first-order chi connectivity index (χ1) is 9.34. The molecule has 1 N–H and O–H groups in total. The molecule has 0 spiro atoms. The third-order valence-corrected chi connectivity index (χ3v) is 5.72. The van der Waals surface area contributed by atoms with Gasteiger partial charge in [-0.15, -0.1) is 0 Å². The van der Waals surface area contributed by atoms with Gasteiger partial charge in [0.25, 0.3) is 0 Å². The number of benzene rings is 1. The normalized spacial score (nSPS) is 20.8. The zero-order chi connectivity index (χ0) is 14.9. The number of nitrogens with zero attached hydrogens (tertiary/aromatic N) is 1. The molecule has 0 aromatic heterocycles. The zero-order valence-electron chi connectivity index (χ0n) is 11.7. The minimum Gasteiger partial charge on any atom is -0.480 e. The summed E-state index contributed by atoms with van der Waals surface area (Å²) >= 11 is 0. The predicted molar refractivity (Wildman–Crippen MR) is 75.1 cm³/mol. The van der Waals surface area contributed by atoms with E-state index in [2.05, 4.69) is 0 Å². The van der Waals surface area contributed by atoms with E-state index >= 15 is 0 Å². The van der Waals surface area contributed by atoms with Crippen molar-refractivity contribution in [3.63, 3.8) is 0 Å². The molecule has 1 atom stereocenters. The molecule has 0 bridgehead atoms. The van der Waals surface area contributed by atoms with E-state index < -0.39 is 22.0 Å². The molecular formula is C14H19NO4S. The number of aryl methyl sites for hydroxylation is 2. The van der Waals surface area contributed by atoms with Crippen molar-refractivity contribution in [2.45, 2.75) is 44.0 Å². The summed E-state index contributed by atoms with van der Waals surface area (Å²) in [4.78, 5) is 11.5. The van der Waals surface area contributed by atoms with Crippen LogP contribution in [0.2, 0.25) is 0 Å². The van der Waals surface area contributed by atoms with Gasteiger partial charge in [-0.2, -0.15) is 4.31 Å². The Hall–Kier alpha value is -1.40. The maximum absolute atomic E-state index is 12.7. The van der Waals surface area contributed by atoms with E-state index in [0.29, 0.717) is 18.4 Å². The van der Waals surface area contributed by atoms with Crippen molar-refractivity contribution in [1.29, 1.82) is 0 Å². The van der Waals surface area contributed by atoms with Gasteiger partial charge in [0.2, 0.25) is 10.0 Å². The molecular weight excluding hydrogens is 278 g/mol. The van der Waals surface area contributed by atoms with Crippen molar-refractivity contribution in [3.05, 3.63) is 29.3 Å². The van der Waals surface area contributed by atoms with Crippen LogP contribution in [0.3, 0.4) is 0 Å². The summed E-state index contributed by atoms with van der Waals surface area (Å²) in [5.41, 5.74) is 1.63. The summed E-state index contributed by atoms with van der Waals surface area (Å²) in [5, 5.41) is 9.23. The van der Waals surface area contributed by atoms with Crippen LogP contribution >= 0.6 is 0 Å². The van der Waals surface area contributed by atoms with Crippen LogP contribution in [-0.4, -0.2) is 36.4 Å². The number of piperidine rings is 1. The SMILES string of the molecule is Cc1ccc(S(=O)(=O)N2CCCCC2C(=O)O)c(C)c1. The molecule has 0 saturated carbocycles. The lowest BCUT2D eigenvalue weighted by molar-refractivity contribution is -0.142. The number of carboxylic acid groups (broad SMARTS) is 1. The number of aliphatic carboxylic acids is 1. The molecule has 5 nitrogen and oxygen atoms in total. The molecule has 1 saturated heterocycles. The second-order valence-electron chi connectivity index (χ2n) is 5.23. The highest BCUT2D eigenvalue weighted by Gasteiger charge is 2.38. The molecule has 6 heteroatoms. The maximum atomic E-state index is 12.7. The molecule has 1 heterocycles. The molecule has 1 aliphatic heterocycles. The number of hydrogen-bond acceptors (Lipinski definition) is 3. The van der Waals surface area contributed by atoms with Crippen molar-refractivity contribution in [2.75, 3.05) is 6.54 Å². The van der Waals surface area contributed by atoms with Crippen LogP contribution in [0.5, 0.6) is 0 Å². The van der Waals surface area contributed by atoms with Gasteiger partial charge in [0.15, 0.2) is 0 Å². The van der Waals surface area contributed by atoms with Gasteiger partial charge in [-0.1, -0.05) is 17.7 Å². The topological polar surface area (TPSA) is 74.7 Å². The molecule has 1 unspecified atom stereocenters. The fourth-order valence-corrected chi connectivity index (χ4v) is 4.51. The van der Waals surface area contributed by atoms with Gasteiger partial charge < -0.3 is 5.11 Å². The highest BCUT2D eigenvalue weighted by Crippen LogP contribution is 2.27. The molecule has 1 fully saturated rings. The third-order valence-electron chi connectivity index (χ3n) is 3.66. The fourth-order valence-electron chi connectivity index (χ4n) is 2.65. The summed E-state index contributed by atoms with van der Waals surface area (Å²) in [7, 11) is -3.75. The smallest absolute Gasteiger partial charge is 0.322 e. The van der Waals surface area contributed by atoms with Gasteiger partial charge in [0.05, 0.1) is 4.90 Å². The maximum Gasteiger partial charge on any atom is 0.322 e. The standard InChI is InChI=1S/C14H19NO4S/c1-10-6-7-13(11(2)9-10)20(18,19)15-8-4-3-5-12(15)14(16)17/h6-7,9,12H,3-5,8H2,1-2H3,(H,16,17). The van der Waals surface area contributed by atoms with Crippen LogP contribution in [0.4, 0.5) is 0 Å². The van der Waals surface area contributed by atoms with E-state index in [9.17, 15) is 18.3 Å². The van der Waals surface area contributed by atoms with Crippen LogP contribution in [-0.2, 0) is 14.8 Å². The number of carboxylic acids is 1. The van der Waals surface area contributed by atoms with Crippen molar-refractivity contribution in [2.24, 2.45) is 0 Å². The number of sulfonamides is 1. The first-order valence-corrected chi connectivity index (χ1v) is 8.10. The first kappa shape index (κ1) is 15.0. The molecule has 0 amide bonds. The Morgan fingerprint density at radius 2 is 2.00 bits per heavy atom. The van der Waals surface area contributed by atoms with Gasteiger partial charge in [-0.25, -0.2) is 8.42 Å². The molecule has 0 radical (unpaired) electrons. The number of carbonyl (C=O) groups is 1. The van der Waals surface area contributed by atoms with Crippen LogP contribution in [0, 0.1) is 13.8 Å². The Morgan fingerprint density at radius 3 is 2.60 bits per heavy atom. The summed E-state index contributed by atoms with van der Waals surface area (Å²) in [6.07, 6.45) is 1.82. The van der Waals surface area contributed by atoms with Gasteiger partial charge >= 0.3 is 5.97 Å². The summed E-state index contributed by atoms with van der Waals surface area (Å²) in [5.74, 6) is -1.07. The minimum absolute atomic E-state index is 0.205. The highest BCUT2D eigenvalue weighted by molar-refractivity contribution is 7.89. The van der Waals surface area contributed by atoms with E-state index in [1.54, 1.807) is 25.1 Å². The van der Waals surface area contributed by atoms with E-state index in [0.717, 1.165) is 16.3 Å². The summed E-state index contributed by atoms with van der Waals surface area (Å²) < 4.78 is 26.5. The van der Waals surface area contributed by atoms with Crippen LogP contribution in [0.1, 0.15) is 30.4 Å². The van der Waals surface area contributed by atoms with Gasteiger partial charge in [-0.05, 0) is 44.7 Å². The lowest BCUT2D eigenvalue weighted by Gasteiger charge is -2.32. The van der Waals surface area contributed by atoms with Crippen molar-refractivity contribution >= 4 is 16.0 Å². The molecule has 1 aliphatic rings. The molecule has 110 valence electrons. The fraction of sp³-hybridized carbons (Fsp3) is 0.500. The molecule has 1 aromatic carbocycles. The van der Waals surface area contributed by atoms with Gasteiger partial charge in [0, 0.05) is 6.54 Å². The van der Waals surface area contributed by atoms with E-state index in [1.165, 1.54) is 0 Å². The van der Waals surface area contributed by atoms with Crippen molar-refractivity contribution < 1.29 is 18.3 Å². The Bertz CT molecular complexity index is 624. The Balaban J connectivity index is 2.45. The van der Waals surface area contributed by atoms with Gasteiger partial charge in [-0.3, -0.25) is 4.79 Å². The van der Waals surface area contributed by atoms with Gasteiger partial charge in [0.1, 0.15) is 6.04 Å². The molecule has 1 aromatic rings. The largest absolute Gasteiger partial charge is 0.480 e. The monoisotopic (exact) mass is 297 g/mol. The van der Waals surface area contributed by atoms with E-state index in [1.807, 2.05) is 6.92 Å². The second kappa shape index (κ2) is 5.54.